The molecule has 0 radical (unpaired) electrons. The first-order chi connectivity index (χ1) is 11.2. The number of hydrogen-bond donors (Lipinski definition) is 0. The van der Waals surface area contributed by atoms with Crippen LogP contribution in [0.3, 0.4) is 0 Å². The van der Waals surface area contributed by atoms with Gasteiger partial charge in [0.15, 0.2) is 0 Å². The highest BCUT2D eigenvalue weighted by molar-refractivity contribution is 14.1. The minimum Gasteiger partial charge on any atom is -0.337 e. The smallest absolute Gasteiger partial charge is 0.246 e. The fourth-order valence-corrected chi connectivity index (χ4v) is 3.03. The van der Waals surface area contributed by atoms with Crippen molar-refractivity contribution in [2.24, 2.45) is 0 Å². The van der Waals surface area contributed by atoms with Crippen molar-refractivity contribution >= 4 is 40.5 Å². The second-order valence-corrected chi connectivity index (χ2v) is 6.38. The molecule has 0 aliphatic carbocycles. The van der Waals surface area contributed by atoms with Crippen molar-refractivity contribution in [3.05, 3.63) is 57.9 Å². The van der Waals surface area contributed by atoms with Gasteiger partial charge < -0.3 is 9.80 Å². The average Bonchev–Trinajstić information content (AvgIpc) is 2.62. The zero-order valence-corrected chi connectivity index (χ0v) is 14.8. The summed E-state index contributed by atoms with van der Waals surface area (Å²) >= 11 is 2.27. The molecule has 0 N–H and O–H groups in total. The lowest BCUT2D eigenvalue weighted by Gasteiger charge is -2.34. The van der Waals surface area contributed by atoms with Gasteiger partial charge in [-0.1, -0.05) is 18.2 Å². The predicted octanol–water partition coefficient (Wildman–Crippen LogP) is 2.44. The van der Waals surface area contributed by atoms with Gasteiger partial charge >= 0.3 is 0 Å². The zero-order valence-electron chi connectivity index (χ0n) is 12.6. The standard InChI is InChI=1S/C17H17IN4O/c18-15-5-2-1-4-14(15)6-7-16(23)21-10-12-22(13-11-21)17-19-8-3-9-20-17/h1-9H,10-13H2/b7-6+. The van der Waals surface area contributed by atoms with Crippen molar-refractivity contribution in [3.63, 3.8) is 0 Å². The summed E-state index contributed by atoms with van der Waals surface area (Å²) < 4.78 is 1.14. The third-order valence-electron chi connectivity index (χ3n) is 3.74. The Balaban J connectivity index is 1.57. The van der Waals surface area contributed by atoms with Crippen LogP contribution >= 0.6 is 22.6 Å². The molecule has 0 unspecified atom stereocenters. The number of carbonyl (C=O) groups excluding carboxylic acids is 1. The molecule has 1 saturated heterocycles. The van der Waals surface area contributed by atoms with Crippen molar-refractivity contribution in [1.29, 1.82) is 0 Å². The van der Waals surface area contributed by atoms with E-state index in [-0.39, 0.29) is 5.91 Å². The molecule has 1 amide bonds. The average molecular weight is 420 g/mol. The molecule has 1 aromatic carbocycles. The van der Waals surface area contributed by atoms with Crippen LogP contribution in [-0.2, 0) is 4.79 Å². The van der Waals surface area contributed by atoms with Crippen LogP contribution in [0.15, 0.2) is 48.8 Å². The SMILES string of the molecule is O=C(/C=C/c1ccccc1I)N1CCN(c2ncccn2)CC1. The van der Waals surface area contributed by atoms with Gasteiger partial charge in [0.2, 0.25) is 11.9 Å². The van der Waals surface area contributed by atoms with Gasteiger partial charge in [0.05, 0.1) is 0 Å². The molecule has 0 saturated carbocycles. The van der Waals surface area contributed by atoms with Crippen molar-refractivity contribution in [2.75, 3.05) is 31.1 Å². The fraction of sp³-hybridized carbons (Fsp3) is 0.235. The number of anilines is 1. The Morgan fingerprint density at radius 1 is 1.04 bits per heavy atom. The Kier molecular flexibility index (Phi) is 5.22. The monoisotopic (exact) mass is 420 g/mol. The number of carbonyl (C=O) groups is 1. The second-order valence-electron chi connectivity index (χ2n) is 5.22. The Bertz CT molecular complexity index is 697. The number of halogens is 1. The first kappa shape index (κ1) is 15.9. The minimum atomic E-state index is 0.0540. The van der Waals surface area contributed by atoms with Crippen molar-refractivity contribution < 1.29 is 4.79 Å². The van der Waals surface area contributed by atoms with E-state index in [1.807, 2.05) is 35.2 Å². The van der Waals surface area contributed by atoms with E-state index in [9.17, 15) is 4.79 Å². The van der Waals surface area contributed by atoms with Gasteiger partial charge in [-0.2, -0.15) is 0 Å². The summed E-state index contributed by atoms with van der Waals surface area (Å²) in [5.41, 5.74) is 1.07. The summed E-state index contributed by atoms with van der Waals surface area (Å²) in [7, 11) is 0. The van der Waals surface area contributed by atoms with Crippen molar-refractivity contribution in [1.82, 2.24) is 14.9 Å². The van der Waals surface area contributed by atoms with E-state index in [0.717, 1.165) is 28.2 Å². The molecule has 5 nitrogen and oxygen atoms in total. The molecule has 2 heterocycles. The van der Waals surface area contributed by atoms with Crippen LogP contribution in [0.4, 0.5) is 5.95 Å². The fourth-order valence-electron chi connectivity index (χ4n) is 2.46. The highest BCUT2D eigenvalue weighted by Gasteiger charge is 2.20. The Morgan fingerprint density at radius 3 is 2.43 bits per heavy atom. The topological polar surface area (TPSA) is 49.3 Å². The van der Waals surface area contributed by atoms with Gasteiger partial charge in [0.25, 0.3) is 0 Å². The molecule has 1 aliphatic heterocycles. The van der Waals surface area contributed by atoms with Crippen LogP contribution in [0.2, 0.25) is 0 Å². The Hall–Kier alpha value is -1.96. The lowest BCUT2D eigenvalue weighted by molar-refractivity contribution is -0.126. The minimum absolute atomic E-state index is 0.0540. The highest BCUT2D eigenvalue weighted by atomic mass is 127. The van der Waals surface area contributed by atoms with Gasteiger partial charge in [-0.3, -0.25) is 4.79 Å². The number of rotatable bonds is 3. The van der Waals surface area contributed by atoms with Crippen LogP contribution in [-0.4, -0.2) is 47.0 Å². The predicted molar refractivity (Wildman–Crippen MR) is 99.0 cm³/mol. The summed E-state index contributed by atoms with van der Waals surface area (Å²) in [6, 6.07) is 9.81. The largest absolute Gasteiger partial charge is 0.337 e. The maximum absolute atomic E-state index is 12.3. The highest BCUT2D eigenvalue weighted by Crippen LogP contribution is 2.14. The van der Waals surface area contributed by atoms with Crippen LogP contribution in [0.1, 0.15) is 5.56 Å². The first-order valence-electron chi connectivity index (χ1n) is 7.47. The molecule has 0 atom stereocenters. The molecule has 0 bridgehead atoms. The number of piperazine rings is 1. The number of aromatic nitrogens is 2. The number of amides is 1. The molecule has 3 rings (SSSR count). The third-order valence-corrected chi connectivity index (χ3v) is 4.72. The maximum Gasteiger partial charge on any atom is 0.246 e. The molecule has 1 fully saturated rings. The Labute approximate surface area is 149 Å². The quantitative estimate of drug-likeness (QED) is 0.566. The van der Waals surface area contributed by atoms with E-state index in [2.05, 4.69) is 37.5 Å². The first-order valence-corrected chi connectivity index (χ1v) is 8.55. The van der Waals surface area contributed by atoms with Crippen molar-refractivity contribution in [3.8, 4) is 0 Å². The van der Waals surface area contributed by atoms with Gasteiger partial charge in [0, 0.05) is 48.2 Å². The zero-order chi connectivity index (χ0) is 16.1. The van der Waals surface area contributed by atoms with Crippen LogP contribution in [0.25, 0.3) is 6.08 Å². The maximum atomic E-state index is 12.3. The molecule has 1 aromatic heterocycles. The number of benzene rings is 1. The lowest BCUT2D eigenvalue weighted by atomic mass is 10.2. The molecule has 118 valence electrons. The molecule has 2 aromatic rings. The Morgan fingerprint density at radius 2 is 1.74 bits per heavy atom. The van der Waals surface area contributed by atoms with Crippen LogP contribution < -0.4 is 4.90 Å². The van der Waals surface area contributed by atoms with Gasteiger partial charge in [0.1, 0.15) is 0 Å². The summed E-state index contributed by atoms with van der Waals surface area (Å²) in [5.74, 6) is 0.785. The third kappa shape index (κ3) is 4.07. The van der Waals surface area contributed by atoms with E-state index >= 15 is 0 Å². The van der Waals surface area contributed by atoms with Crippen LogP contribution in [0.5, 0.6) is 0 Å². The molecule has 6 heteroatoms. The van der Waals surface area contributed by atoms with E-state index in [4.69, 9.17) is 0 Å². The number of nitrogens with zero attached hydrogens (tertiary/aromatic N) is 4. The molecular formula is C17H17IN4O. The molecule has 23 heavy (non-hydrogen) atoms. The van der Waals surface area contributed by atoms with E-state index in [0.29, 0.717) is 13.1 Å². The van der Waals surface area contributed by atoms with Gasteiger partial charge in [-0.05, 0) is 46.4 Å². The summed E-state index contributed by atoms with van der Waals surface area (Å²) in [6.45, 7) is 2.89. The second kappa shape index (κ2) is 7.54. The summed E-state index contributed by atoms with van der Waals surface area (Å²) in [5, 5.41) is 0. The molecule has 0 spiro atoms. The number of hydrogen-bond acceptors (Lipinski definition) is 4. The molecular weight excluding hydrogens is 403 g/mol. The lowest BCUT2D eigenvalue weighted by Crippen LogP contribution is -2.48. The summed E-state index contributed by atoms with van der Waals surface area (Å²) in [6.07, 6.45) is 7.02. The van der Waals surface area contributed by atoms with E-state index in [1.165, 1.54) is 0 Å². The van der Waals surface area contributed by atoms with Gasteiger partial charge in [-0.15, -0.1) is 0 Å². The normalized spacial score (nSPS) is 15.2. The molecule has 1 aliphatic rings. The van der Waals surface area contributed by atoms with E-state index < -0.39 is 0 Å². The van der Waals surface area contributed by atoms with Crippen LogP contribution in [0, 0.1) is 3.57 Å². The van der Waals surface area contributed by atoms with Gasteiger partial charge in [-0.25, -0.2) is 9.97 Å². The van der Waals surface area contributed by atoms with Crippen molar-refractivity contribution in [2.45, 2.75) is 0 Å². The summed E-state index contributed by atoms with van der Waals surface area (Å²) in [4.78, 5) is 24.8. The van der Waals surface area contributed by atoms with E-state index in [1.54, 1.807) is 24.5 Å².